The SMILES string of the molecule is CB(O)O.CB(O)n1c(B(O)O)cc2ccccc21.CBr.CC.CC.CC1(C)OB(B2OC(C)(C)C(C)(C)O2)OC1(C)C.I.c1ccc2[nH]ccc2c1. The highest BCUT2D eigenvalue weighted by molar-refractivity contribution is 14.0. The monoisotopic (exact) mass is 916 g/mol. The number of H-pyrrole nitrogens is 1. The van der Waals surface area contributed by atoms with Crippen LogP contribution in [0.2, 0.25) is 13.6 Å². The van der Waals surface area contributed by atoms with Crippen LogP contribution in [0.15, 0.2) is 66.9 Å². The van der Waals surface area contributed by atoms with Crippen molar-refractivity contribution < 1.29 is 43.7 Å². The summed E-state index contributed by atoms with van der Waals surface area (Å²) in [6.45, 7) is 27.1. The lowest BCUT2D eigenvalue weighted by atomic mass is 9.49. The number of nitrogens with zero attached hydrogens (tertiary/aromatic N) is 1. The van der Waals surface area contributed by atoms with Gasteiger partial charge in [0.25, 0.3) is 0 Å². The van der Waals surface area contributed by atoms with Crippen molar-refractivity contribution in [2.45, 2.75) is 119 Å². The molecule has 0 spiro atoms. The number of benzene rings is 2. The van der Waals surface area contributed by atoms with Gasteiger partial charge in [0, 0.05) is 22.8 Å². The highest BCUT2D eigenvalue weighted by atomic mass is 127. The van der Waals surface area contributed by atoms with Crippen LogP contribution in [0.4, 0.5) is 0 Å². The van der Waals surface area contributed by atoms with E-state index in [-0.39, 0.29) is 46.4 Å². The fourth-order valence-corrected chi connectivity index (χ4v) is 4.81. The molecule has 0 aliphatic carbocycles. The summed E-state index contributed by atoms with van der Waals surface area (Å²) in [7, 11) is -4.49. The van der Waals surface area contributed by atoms with Crippen molar-refractivity contribution >= 4 is 103 Å². The molecule has 0 amide bonds. The molecule has 2 aliphatic rings. The van der Waals surface area contributed by atoms with Crippen LogP contribution in [0.3, 0.4) is 0 Å². The van der Waals surface area contributed by atoms with Crippen molar-refractivity contribution in [2.24, 2.45) is 0 Å². The van der Waals surface area contributed by atoms with Gasteiger partial charge in [0.2, 0.25) is 0 Å². The van der Waals surface area contributed by atoms with Crippen LogP contribution in [-0.4, -0.2) is 98.1 Å². The molecule has 2 aliphatic heterocycles. The molecule has 2 aromatic carbocycles. The van der Waals surface area contributed by atoms with E-state index in [2.05, 4.69) is 39.1 Å². The van der Waals surface area contributed by atoms with Crippen molar-refractivity contribution in [1.29, 1.82) is 0 Å². The average molecular weight is 917 g/mol. The Morgan fingerprint density at radius 1 is 0.623 bits per heavy atom. The molecular weight excluding hydrogens is 853 g/mol. The zero-order valence-corrected chi connectivity index (χ0v) is 38.3. The fourth-order valence-electron chi connectivity index (χ4n) is 4.81. The number of aromatic amines is 1. The zero-order chi connectivity index (χ0) is 40.7. The van der Waals surface area contributed by atoms with Gasteiger partial charge in [-0.25, -0.2) is 0 Å². The molecule has 2 aromatic heterocycles. The average Bonchev–Trinajstić information content (AvgIpc) is 3.81. The van der Waals surface area contributed by atoms with E-state index < -0.39 is 35.3 Å². The molecule has 53 heavy (non-hydrogen) atoms. The first-order valence-corrected chi connectivity index (χ1v) is 19.4. The van der Waals surface area contributed by atoms with Gasteiger partial charge in [-0.3, -0.25) is 0 Å². The highest BCUT2D eigenvalue weighted by Crippen LogP contribution is 2.42. The van der Waals surface area contributed by atoms with Gasteiger partial charge in [-0.1, -0.05) is 80.0 Å². The number of fused-ring (bicyclic) bond motifs is 2. The van der Waals surface area contributed by atoms with Gasteiger partial charge in [0.1, 0.15) is 0 Å². The first-order valence-electron chi connectivity index (χ1n) is 17.8. The van der Waals surface area contributed by atoms with E-state index in [1.54, 1.807) is 12.9 Å². The minimum absolute atomic E-state index is 0. The van der Waals surface area contributed by atoms with Gasteiger partial charge in [-0.2, -0.15) is 0 Å². The first kappa shape index (κ1) is 53.8. The summed E-state index contributed by atoms with van der Waals surface area (Å²) in [5.41, 5.74) is 0.852. The molecule has 0 unspecified atom stereocenters. The molecule has 0 bridgehead atoms. The second kappa shape index (κ2) is 24.4. The maximum Gasteiger partial charge on any atom is 0.504 e. The predicted molar refractivity (Wildman–Crippen MR) is 240 cm³/mol. The zero-order valence-electron chi connectivity index (χ0n) is 34.3. The first-order chi connectivity index (χ1) is 24.2. The molecule has 4 aromatic rings. The highest BCUT2D eigenvalue weighted by Gasteiger charge is 2.63. The molecule has 0 saturated carbocycles. The quantitative estimate of drug-likeness (QED) is 0.0771. The van der Waals surface area contributed by atoms with Crippen LogP contribution in [0, 0.1) is 0 Å². The predicted octanol–water partition coefficient (Wildman–Crippen LogP) is 6.47. The standard InChI is InChI=1S/C12H24B2O4.C9H11B2NO3.C8H7N.2C2H6.CH5BO2.CH3Br.HI/c1-9(2)10(3,4)16-13(15-9)14-17-11(5,6)12(7,8)18-14;1-10(13)12-8-5-3-2-4-7(8)6-9(12)11(14)15;1-2-4-8-7(3-1)5-6-9-8;2*1-2;1-2(3)4;1-2;/h1-8H3;2-6,13-15H,1H3;1-6,9H;2*1-2H3;3-4H,1H3;1H3;1H. The van der Waals surface area contributed by atoms with Crippen molar-refractivity contribution in [2.75, 3.05) is 5.83 Å². The van der Waals surface area contributed by atoms with E-state index in [0.29, 0.717) is 5.59 Å². The van der Waals surface area contributed by atoms with E-state index in [1.165, 1.54) is 22.2 Å². The van der Waals surface area contributed by atoms with Gasteiger partial charge < -0.3 is 53.2 Å². The molecule has 2 saturated heterocycles. The number of halogens is 2. The van der Waals surface area contributed by atoms with Gasteiger partial charge in [-0.15, -0.1) is 24.0 Å². The Kier molecular flexibility index (Phi) is 24.7. The minimum Gasteiger partial charge on any atom is -0.432 e. The number of aromatic nitrogens is 2. The summed E-state index contributed by atoms with van der Waals surface area (Å²) in [5.74, 6) is 1.81. The van der Waals surface area contributed by atoms with Crippen LogP contribution in [0.1, 0.15) is 83.1 Å². The largest absolute Gasteiger partial charge is 0.504 e. The van der Waals surface area contributed by atoms with Gasteiger partial charge >= 0.3 is 35.3 Å². The summed E-state index contributed by atoms with van der Waals surface area (Å²) in [6.07, 6.45) is 1.95. The second-order valence-corrected chi connectivity index (χ2v) is 13.4. The lowest BCUT2D eigenvalue weighted by molar-refractivity contribution is 0.00578. The van der Waals surface area contributed by atoms with Crippen LogP contribution in [0.25, 0.3) is 21.8 Å². The Balaban J connectivity index is 0. The Morgan fingerprint density at radius 2 is 0.981 bits per heavy atom. The second-order valence-electron chi connectivity index (χ2n) is 13.4. The van der Waals surface area contributed by atoms with Crippen molar-refractivity contribution in [3.63, 3.8) is 0 Å². The van der Waals surface area contributed by atoms with E-state index >= 15 is 0 Å². The number of hydrogen-bond donors (Lipinski definition) is 6. The minimum atomic E-state index is -1.58. The van der Waals surface area contributed by atoms with Crippen LogP contribution >= 0.6 is 39.9 Å². The summed E-state index contributed by atoms with van der Waals surface area (Å²) in [5, 5.41) is 45.3. The fraction of sp³-hybridized carbons (Fsp3) is 0.543. The molecule has 6 rings (SSSR count). The molecule has 0 atom stereocenters. The van der Waals surface area contributed by atoms with Crippen molar-refractivity contribution in [3.8, 4) is 0 Å². The third-order valence-electron chi connectivity index (χ3n) is 8.64. The molecular formula is C35H63B5BrIN2O9. The molecule has 0 radical (unpaired) electrons. The molecule has 4 heterocycles. The molecule has 11 nitrogen and oxygen atoms in total. The molecule has 18 heteroatoms. The Morgan fingerprint density at radius 3 is 1.34 bits per heavy atom. The molecule has 296 valence electrons. The third kappa shape index (κ3) is 15.3. The maximum atomic E-state index is 9.58. The summed E-state index contributed by atoms with van der Waals surface area (Å²) in [4.78, 5) is 3.12. The summed E-state index contributed by atoms with van der Waals surface area (Å²) in [6, 6.07) is 19.3. The van der Waals surface area contributed by atoms with E-state index in [9.17, 15) is 15.1 Å². The molecule has 2 fully saturated rings. The topological polar surface area (TPSA) is 159 Å². The third-order valence-corrected chi connectivity index (χ3v) is 8.64. The van der Waals surface area contributed by atoms with Crippen LogP contribution in [0.5, 0.6) is 0 Å². The number of rotatable bonds is 3. The number of alkyl halides is 1. The Labute approximate surface area is 345 Å². The van der Waals surface area contributed by atoms with Crippen LogP contribution in [-0.2, 0) is 18.6 Å². The molecule has 6 N–H and O–H groups in total. The Bertz CT molecular complexity index is 1470. The number of hydrogen-bond acceptors (Lipinski definition) is 9. The van der Waals surface area contributed by atoms with Crippen molar-refractivity contribution in [3.05, 3.63) is 66.9 Å². The summed E-state index contributed by atoms with van der Waals surface area (Å²) < 4.78 is 25.3. The lowest BCUT2D eigenvalue weighted by Crippen LogP contribution is -2.41. The van der Waals surface area contributed by atoms with Crippen molar-refractivity contribution in [1.82, 2.24) is 9.46 Å². The van der Waals surface area contributed by atoms with E-state index in [4.69, 9.17) is 28.7 Å². The lowest BCUT2D eigenvalue weighted by Gasteiger charge is -2.32. The van der Waals surface area contributed by atoms with Gasteiger partial charge in [-0.05, 0) is 110 Å². The summed E-state index contributed by atoms with van der Waals surface area (Å²) >= 11 is 2.94. The maximum absolute atomic E-state index is 9.58. The van der Waals surface area contributed by atoms with E-state index in [0.717, 1.165) is 10.9 Å². The normalized spacial score (nSPS) is 16.5. The van der Waals surface area contributed by atoms with Crippen LogP contribution < -0.4 is 5.59 Å². The number of nitrogens with one attached hydrogen (secondary N) is 1. The van der Waals surface area contributed by atoms with Gasteiger partial charge in [0.05, 0.1) is 22.4 Å². The Hall–Kier alpha value is -1.31. The smallest absolute Gasteiger partial charge is 0.432 e. The number of para-hydroxylation sites is 2. The van der Waals surface area contributed by atoms with Gasteiger partial charge in [0.15, 0.2) is 0 Å². The van der Waals surface area contributed by atoms with E-state index in [1.807, 2.05) is 132 Å².